The topological polar surface area (TPSA) is 87.4 Å². The summed E-state index contributed by atoms with van der Waals surface area (Å²) < 4.78 is 47.3. The lowest BCUT2D eigenvalue weighted by molar-refractivity contribution is -0.136. The summed E-state index contributed by atoms with van der Waals surface area (Å²) in [5, 5.41) is 11.7. The number of hydrogen-bond acceptors (Lipinski definition) is 5. The molecule has 0 spiro atoms. The van der Waals surface area contributed by atoms with Crippen LogP contribution in [0.25, 0.3) is 22.0 Å². The molecule has 0 aliphatic carbocycles. The monoisotopic (exact) mass is 536 g/mol. The van der Waals surface area contributed by atoms with Crippen LogP contribution in [0.3, 0.4) is 0 Å². The zero-order valence-corrected chi connectivity index (χ0v) is 20.7. The van der Waals surface area contributed by atoms with Gasteiger partial charge in [-0.1, -0.05) is 72.8 Å². The highest BCUT2D eigenvalue weighted by atomic mass is 19.4. The molecule has 5 aromatic rings. The minimum absolute atomic E-state index is 0.106. The Morgan fingerprint density at radius 2 is 1.60 bits per heavy atom. The van der Waals surface area contributed by atoms with E-state index in [4.69, 9.17) is 4.74 Å². The maximum absolute atomic E-state index is 13.9. The molecule has 0 aliphatic heterocycles. The zero-order valence-electron chi connectivity index (χ0n) is 20.7. The molecule has 1 N–H and O–H groups in total. The molecule has 0 radical (unpaired) electrons. The average Bonchev–Trinajstić information content (AvgIpc) is 2.96. The fourth-order valence-corrected chi connectivity index (χ4v) is 4.25. The molecular weight excluding hydrogens is 517 g/mol. The molecule has 0 unspecified atom stereocenters. The van der Waals surface area contributed by atoms with Gasteiger partial charge >= 0.3 is 12.2 Å². The summed E-state index contributed by atoms with van der Waals surface area (Å²) in [6.07, 6.45) is -1.69. The number of ketones is 1. The Balaban J connectivity index is 1.69. The Labute approximate surface area is 227 Å². The van der Waals surface area contributed by atoms with Crippen molar-refractivity contribution >= 4 is 28.4 Å². The first-order valence-electron chi connectivity index (χ1n) is 12.0. The SMILES string of the molecule is N#CNC(=Nc1cccc(-c2c(C(=O)c3ccccc3)cnc3c(C(F)(F)F)cccc23)c1)Oc1ccccc1. The van der Waals surface area contributed by atoms with Gasteiger partial charge in [-0.2, -0.15) is 23.4 Å². The lowest BCUT2D eigenvalue weighted by Crippen LogP contribution is -2.23. The van der Waals surface area contributed by atoms with Gasteiger partial charge in [-0.15, -0.1) is 0 Å². The van der Waals surface area contributed by atoms with E-state index in [0.29, 0.717) is 22.6 Å². The van der Waals surface area contributed by atoms with E-state index in [9.17, 15) is 23.2 Å². The van der Waals surface area contributed by atoms with Gasteiger partial charge in [-0.25, -0.2) is 5.32 Å². The van der Waals surface area contributed by atoms with E-state index in [2.05, 4.69) is 15.3 Å². The summed E-state index contributed by atoms with van der Waals surface area (Å²) in [5.74, 6) is 0.0475. The Bertz CT molecular complexity index is 1760. The fourth-order valence-electron chi connectivity index (χ4n) is 4.25. The summed E-state index contributed by atoms with van der Waals surface area (Å²) in [6.45, 7) is 0. The summed E-state index contributed by atoms with van der Waals surface area (Å²) in [7, 11) is 0. The second-order valence-corrected chi connectivity index (χ2v) is 8.56. The van der Waals surface area contributed by atoms with E-state index in [0.717, 1.165) is 6.07 Å². The number of carbonyl (C=O) groups is 1. The number of benzene rings is 4. The van der Waals surface area contributed by atoms with Crippen molar-refractivity contribution in [2.75, 3.05) is 0 Å². The number of pyridine rings is 1. The van der Waals surface area contributed by atoms with Gasteiger partial charge < -0.3 is 4.74 Å². The van der Waals surface area contributed by atoms with Crippen LogP contribution in [0.15, 0.2) is 114 Å². The molecule has 196 valence electrons. The number of nitrogens with zero attached hydrogens (tertiary/aromatic N) is 3. The van der Waals surface area contributed by atoms with Crippen LogP contribution in [0.2, 0.25) is 0 Å². The van der Waals surface area contributed by atoms with Crippen molar-refractivity contribution in [1.29, 1.82) is 5.26 Å². The minimum Gasteiger partial charge on any atom is -0.425 e. The number of halogens is 3. The molecular formula is C31H19F3N4O2. The van der Waals surface area contributed by atoms with Crippen molar-refractivity contribution in [1.82, 2.24) is 10.3 Å². The number of nitrogens with one attached hydrogen (secondary N) is 1. The molecule has 1 heterocycles. The van der Waals surface area contributed by atoms with E-state index in [-0.39, 0.29) is 28.1 Å². The molecule has 9 heteroatoms. The van der Waals surface area contributed by atoms with Gasteiger partial charge in [0.1, 0.15) is 5.75 Å². The molecule has 0 saturated heterocycles. The number of hydrogen-bond donors (Lipinski definition) is 1. The highest BCUT2D eigenvalue weighted by Crippen LogP contribution is 2.39. The Morgan fingerprint density at radius 3 is 2.30 bits per heavy atom. The number of aliphatic imine (C=N–C) groups is 1. The van der Waals surface area contributed by atoms with Crippen LogP contribution in [0.4, 0.5) is 18.9 Å². The fraction of sp³-hybridized carbons (Fsp3) is 0.0323. The number of rotatable bonds is 5. The van der Waals surface area contributed by atoms with Crippen molar-refractivity contribution in [2.24, 2.45) is 4.99 Å². The number of amidine groups is 1. The molecule has 0 aliphatic rings. The van der Waals surface area contributed by atoms with E-state index in [1.165, 1.54) is 18.3 Å². The number of ether oxygens (including phenoxy) is 1. The zero-order chi connectivity index (χ0) is 28.1. The lowest BCUT2D eigenvalue weighted by Gasteiger charge is -2.16. The molecule has 1 aromatic heterocycles. The van der Waals surface area contributed by atoms with Gasteiger partial charge in [-0.05, 0) is 35.9 Å². The van der Waals surface area contributed by atoms with Crippen LogP contribution in [0.5, 0.6) is 5.75 Å². The first kappa shape index (κ1) is 26.1. The highest BCUT2D eigenvalue weighted by molar-refractivity contribution is 6.16. The molecule has 0 saturated carbocycles. The van der Waals surface area contributed by atoms with E-state index < -0.39 is 17.5 Å². The first-order chi connectivity index (χ1) is 19.3. The van der Waals surface area contributed by atoms with Crippen molar-refractivity contribution in [3.63, 3.8) is 0 Å². The van der Waals surface area contributed by atoms with Gasteiger partial charge in [0.2, 0.25) is 0 Å². The molecule has 5 rings (SSSR count). The second-order valence-electron chi connectivity index (χ2n) is 8.56. The number of para-hydroxylation sites is 2. The van der Waals surface area contributed by atoms with Crippen molar-refractivity contribution in [3.05, 3.63) is 126 Å². The van der Waals surface area contributed by atoms with Gasteiger partial charge in [0.15, 0.2) is 12.0 Å². The maximum atomic E-state index is 13.9. The molecule has 0 fully saturated rings. The standard InChI is InChI=1S/C31H19F3N4O2/c32-31(33,34)26-16-8-15-24-27(25(18-36-28(24)26)29(39)20-9-3-1-4-10-20)21-11-7-12-22(17-21)38-30(37-19-35)40-23-13-5-2-6-14-23/h1-18H,(H,37,38). The number of fused-ring (bicyclic) bond motifs is 1. The lowest BCUT2D eigenvalue weighted by atomic mass is 9.91. The predicted octanol–water partition coefficient (Wildman–Crippen LogP) is 7.29. The van der Waals surface area contributed by atoms with Gasteiger partial charge in [0, 0.05) is 28.3 Å². The van der Waals surface area contributed by atoms with Crippen molar-refractivity contribution < 1.29 is 22.7 Å². The molecule has 6 nitrogen and oxygen atoms in total. The van der Waals surface area contributed by atoms with Crippen molar-refractivity contribution in [2.45, 2.75) is 6.18 Å². The van der Waals surface area contributed by atoms with Crippen LogP contribution in [-0.4, -0.2) is 16.8 Å². The van der Waals surface area contributed by atoms with Crippen LogP contribution < -0.4 is 10.1 Å². The smallest absolute Gasteiger partial charge is 0.418 e. The van der Waals surface area contributed by atoms with Crippen LogP contribution in [0, 0.1) is 11.5 Å². The van der Waals surface area contributed by atoms with E-state index in [1.54, 1.807) is 85.1 Å². The Kier molecular flexibility index (Phi) is 7.25. The molecule has 0 atom stereocenters. The number of alkyl halides is 3. The Morgan fingerprint density at radius 1 is 0.900 bits per heavy atom. The second kappa shape index (κ2) is 11.1. The van der Waals surface area contributed by atoms with E-state index >= 15 is 0 Å². The van der Waals surface area contributed by atoms with E-state index in [1.807, 2.05) is 6.07 Å². The highest BCUT2D eigenvalue weighted by Gasteiger charge is 2.34. The molecule has 4 aromatic carbocycles. The number of carbonyl (C=O) groups excluding carboxylic acids is 1. The predicted molar refractivity (Wildman–Crippen MR) is 145 cm³/mol. The van der Waals surface area contributed by atoms with Crippen molar-refractivity contribution in [3.8, 4) is 23.1 Å². The molecule has 0 amide bonds. The number of nitriles is 1. The summed E-state index contributed by atoms with van der Waals surface area (Å²) in [4.78, 5) is 22.0. The van der Waals surface area contributed by atoms with Gasteiger partial charge in [-0.3, -0.25) is 9.78 Å². The third-order valence-electron chi connectivity index (χ3n) is 5.97. The minimum atomic E-state index is -4.65. The summed E-state index contributed by atoms with van der Waals surface area (Å²) in [6, 6.07) is 27.3. The maximum Gasteiger partial charge on any atom is 0.418 e. The molecule has 0 bridgehead atoms. The third kappa shape index (κ3) is 5.51. The van der Waals surface area contributed by atoms with Crippen LogP contribution in [-0.2, 0) is 6.18 Å². The normalized spacial score (nSPS) is 11.6. The molecule has 40 heavy (non-hydrogen) atoms. The summed E-state index contributed by atoms with van der Waals surface area (Å²) in [5.41, 5.74) is 0.363. The average molecular weight is 537 g/mol. The number of aromatic nitrogens is 1. The van der Waals surface area contributed by atoms with Gasteiger partial charge in [0.05, 0.1) is 16.8 Å². The van der Waals surface area contributed by atoms with Crippen LogP contribution in [0.1, 0.15) is 21.5 Å². The van der Waals surface area contributed by atoms with Crippen LogP contribution >= 0.6 is 0 Å². The Hall–Kier alpha value is -5.49. The summed E-state index contributed by atoms with van der Waals surface area (Å²) >= 11 is 0. The first-order valence-corrected chi connectivity index (χ1v) is 12.0. The third-order valence-corrected chi connectivity index (χ3v) is 5.97. The van der Waals surface area contributed by atoms with Gasteiger partial charge in [0.25, 0.3) is 0 Å². The quantitative estimate of drug-likeness (QED) is 0.0838. The largest absolute Gasteiger partial charge is 0.425 e.